The molecular formula is C16H19NO3. The molecule has 1 saturated carbocycles. The summed E-state index contributed by atoms with van der Waals surface area (Å²) < 4.78 is 0. The lowest BCUT2D eigenvalue weighted by Crippen LogP contribution is -2.31. The fourth-order valence-electron chi connectivity index (χ4n) is 3.97. The zero-order valence-electron chi connectivity index (χ0n) is 11.4. The summed E-state index contributed by atoms with van der Waals surface area (Å²) in [4.78, 5) is 24.2. The lowest BCUT2D eigenvalue weighted by molar-refractivity contribution is -0.116. The van der Waals surface area contributed by atoms with Gasteiger partial charge in [-0.05, 0) is 36.7 Å². The monoisotopic (exact) mass is 273 g/mol. The maximum absolute atomic E-state index is 11.7. The van der Waals surface area contributed by atoms with Crippen LogP contribution in [-0.2, 0) is 11.2 Å². The number of carbonyl (C=O) groups excluding carboxylic acids is 1. The number of benzene rings is 1. The van der Waals surface area contributed by atoms with Gasteiger partial charge < -0.3 is 14.8 Å². The summed E-state index contributed by atoms with van der Waals surface area (Å²) in [6.07, 6.45) is 2.69. The summed E-state index contributed by atoms with van der Waals surface area (Å²) in [6.45, 7) is 1.18. The molecule has 2 fully saturated rings. The standard InChI is InChI=1S/C16H19NO3/c18-11-16(6-12-4-2-1-3-5-12)7-13-9-17(15(19)20)10-14(13)8-16/h1-5,11,13-14H,6-10H2,(H,19,20). The SMILES string of the molecule is O=CC1(Cc2ccccc2)CC2CN(C(=O)O)CC2C1. The highest BCUT2D eigenvalue weighted by atomic mass is 16.4. The van der Waals surface area contributed by atoms with E-state index in [1.54, 1.807) is 0 Å². The number of amides is 1. The van der Waals surface area contributed by atoms with Crippen molar-refractivity contribution in [2.75, 3.05) is 13.1 Å². The van der Waals surface area contributed by atoms with Crippen LogP contribution < -0.4 is 0 Å². The topological polar surface area (TPSA) is 57.6 Å². The molecule has 0 radical (unpaired) electrons. The average molecular weight is 273 g/mol. The fraction of sp³-hybridized carbons (Fsp3) is 0.500. The first kappa shape index (κ1) is 13.2. The Morgan fingerprint density at radius 3 is 2.35 bits per heavy atom. The van der Waals surface area contributed by atoms with Crippen LogP contribution in [0, 0.1) is 17.3 Å². The lowest BCUT2D eigenvalue weighted by atomic mass is 9.80. The number of hydrogen-bond donors (Lipinski definition) is 1. The Bertz CT molecular complexity index is 500. The molecule has 1 N–H and O–H groups in total. The largest absolute Gasteiger partial charge is 0.465 e. The van der Waals surface area contributed by atoms with Crippen LogP contribution in [0.1, 0.15) is 18.4 Å². The third-order valence-corrected chi connectivity index (χ3v) is 4.83. The summed E-state index contributed by atoms with van der Waals surface area (Å²) in [5.41, 5.74) is 0.899. The second-order valence-corrected chi connectivity index (χ2v) is 6.26. The predicted octanol–water partition coefficient (Wildman–Crippen LogP) is 2.43. The molecule has 106 valence electrons. The van der Waals surface area contributed by atoms with Gasteiger partial charge in [0.25, 0.3) is 0 Å². The molecule has 0 aromatic heterocycles. The second-order valence-electron chi connectivity index (χ2n) is 6.26. The minimum Gasteiger partial charge on any atom is -0.465 e. The Labute approximate surface area is 118 Å². The third kappa shape index (κ3) is 2.30. The van der Waals surface area contributed by atoms with Crippen molar-refractivity contribution in [3.8, 4) is 0 Å². The molecule has 1 heterocycles. The molecule has 1 amide bonds. The van der Waals surface area contributed by atoms with Crippen LogP contribution in [0.5, 0.6) is 0 Å². The molecule has 1 saturated heterocycles. The molecule has 2 aliphatic rings. The van der Waals surface area contributed by atoms with E-state index in [0.717, 1.165) is 25.5 Å². The number of nitrogens with zero attached hydrogens (tertiary/aromatic N) is 1. The first-order valence-electron chi connectivity index (χ1n) is 7.10. The van der Waals surface area contributed by atoms with E-state index in [2.05, 4.69) is 12.1 Å². The Kier molecular flexibility index (Phi) is 3.24. The Morgan fingerprint density at radius 1 is 1.25 bits per heavy atom. The molecule has 1 aromatic carbocycles. The second kappa shape index (κ2) is 4.93. The number of carboxylic acid groups (broad SMARTS) is 1. The van der Waals surface area contributed by atoms with Gasteiger partial charge in [-0.25, -0.2) is 4.79 Å². The molecular weight excluding hydrogens is 254 g/mol. The van der Waals surface area contributed by atoms with Crippen molar-refractivity contribution in [3.63, 3.8) is 0 Å². The van der Waals surface area contributed by atoms with Gasteiger partial charge in [0.05, 0.1) is 0 Å². The molecule has 4 nitrogen and oxygen atoms in total. The molecule has 0 spiro atoms. The average Bonchev–Trinajstić information content (AvgIpc) is 2.96. The van der Waals surface area contributed by atoms with Crippen molar-refractivity contribution in [3.05, 3.63) is 35.9 Å². The summed E-state index contributed by atoms with van der Waals surface area (Å²) in [7, 11) is 0. The van der Waals surface area contributed by atoms with Gasteiger partial charge in [0.1, 0.15) is 6.29 Å². The van der Waals surface area contributed by atoms with Crippen molar-refractivity contribution in [1.29, 1.82) is 0 Å². The molecule has 3 rings (SSSR count). The zero-order valence-corrected chi connectivity index (χ0v) is 11.4. The zero-order chi connectivity index (χ0) is 14.2. The van der Waals surface area contributed by atoms with Crippen LogP contribution in [-0.4, -0.2) is 35.5 Å². The number of hydrogen-bond acceptors (Lipinski definition) is 2. The molecule has 2 unspecified atom stereocenters. The molecule has 4 heteroatoms. The smallest absolute Gasteiger partial charge is 0.407 e. The Balaban J connectivity index is 1.72. The highest BCUT2D eigenvalue weighted by molar-refractivity contribution is 5.66. The van der Waals surface area contributed by atoms with Gasteiger partial charge in [-0.2, -0.15) is 0 Å². The van der Waals surface area contributed by atoms with Crippen LogP contribution in [0.3, 0.4) is 0 Å². The summed E-state index contributed by atoms with van der Waals surface area (Å²) in [5, 5.41) is 9.05. The summed E-state index contributed by atoms with van der Waals surface area (Å²) >= 11 is 0. The fourth-order valence-corrected chi connectivity index (χ4v) is 3.97. The number of rotatable bonds is 3. The van der Waals surface area contributed by atoms with Gasteiger partial charge in [-0.15, -0.1) is 0 Å². The minimum atomic E-state index is -0.834. The minimum absolute atomic E-state index is 0.290. The van der Waals surface area contributed by atoms with Gasteiger partial charge in [-0.1, -0.05) is 30.3 Å². The number of aldehydes is 1. The highest BCUT2D eigenvalue weighted by Crippen LogP contribution is 2.49. The van der Waals surface area contributed by atoms with E-state index in [9.17, 15) is 9.59 Å². The van der Waals surface area contributed by atoms with E-state index in [0.29, 0.717) is 24.9 Å². The first-order chi connectivity index (χ1) is 9.62. The molecule has 20 heavy (non-hydrogen) atoms. The van der Waals surface area contributed by atoms with Crippen molar-refractivity contribution in [1.82, 2.24) is 4.90 Å². The van der Waals surface area contributed by atoms with E-state index in [1.165, 1.54) is 10.5 Å². The van der Waals surface area contributed by atoms with Crippen LogP contribution >= 0.6 is 0 Å². The van der Waals surface area contributed by atoms with Gasteiger partial charge in [0.2, 0.25) is 0 Å². The maximum atomic E-state index is 11.7. The third-order valence-electron chi connectivity index (χ3n) is 4.83. The van der Waals surface area contributed by atoms with E-state index in [4.69, 9.17) is 5.11 Å². The van der Waals surface area contributed by atoms with Gasteiger partial charge >= 0.3 is 6.09 Å². The molecule has 1 aliphatic heterocycles. The van der Waals surface area contributed by atoms with Crippen molar-refractivity contribution in [2.45, 2.75) is 19.3 Å². The van der Waals surface area contributed by atoms with E-state index in [1.807, 2.05) is 18.2 Å². The quantitative estimate of drug-likeness (QED) is 0.860. The van der Waals surface area contributed by atoms with Crippen LogP contribution in [0.4, 0.5) is 4.79 Å². The molecule has 2 atom stereocenters. The highest BCUT2D eigenvalue weighted by Gasteiger charge is 2.49. The van der Waals surface area contributed by atoms with Gasteiger partial charge in [-0.3, -0.25) is 0 Å². The van der Waals surface area contributed by atoms with Gasteiger partial charge in [0.15, 0.2) is 0 Å². The lowest BCUT2D eigenvalue weighted by Gasteiger charge is -2.25. The van der Waals surface area contributed by atoms with Crippen LogP contribution in [0.25, 0.3) is 0 Å². The van der Waals surface area contributed by atoms with Gasteiger partial charge in [0, 0.05) is 18.5 Å². The van der Waals surface area contributed by atoms with Crippen molar-refractivity contribution >= 4 is 12.4 Å². The Morgan fingerprint density at radius 2 is 1.85 bits per heavy atom. The van der Waals surface area contributed by atoms with E-state index in [-0.39, 0.29) is 5.41 Å². The molecule has 0 bridgehead atoms. The summed E-state index contributed by atoms with van der Waals surface area (Å²) in [5.74, 6) is 0.694. The summed E-state index contributed by atoms with van der Waals surface area (Å²) in [6, 6.07) is 10.1. The molecule has 1 aliphatic carbocycles. The number of carbonyl (C=O) groups is 2. The number of fused-ring (bicyclic) bond motifs is 1. The Hall–Kier alpha value is -1.84. The van der Waals surface area contributed by atoms with Crippen LogP contribution in [0.15, 0.2) is 30.3 Å². The maximum Gasteiger partial charge on any atom is 0.407 e. The van der Waals surface area contributed by atoms with Crippen molar-refractivity contribution in [2.24, 2.45) is 17.3 Å². The predicted molar refractivity (Wildman–Crippen MR) is 74.5 cm³/mol. The van der Waals surface area contributed by atoms with Crippen LogP contribution in [0.2, 0.25) is 0 Å². The number of likely N-dealkylation sites (tertiary alicyclic amines) is 1. The first-order valence-corrected chi connectivity index (χ1v) is 7.10. The van der Waals surface area contributed by atoms with E-state index < -0.39 is 6.09 Å². The van der Waals surface area contributed by atoms with E-state index >= 15 is 0 Å². The molecule has 1 aromatic rings. The van der Waals surface area contributed by atoms with Crippen molar-refractivity contribution < 1.29 is 14.7 Å². The normalized spacial score (nSPS) is 32.1.